The first-order valence-electron chi connectivity index (χ1n) is 9.95. The SMILES string of the molecule is COC(=O)C1=C(Nc2ccc(C)cc2)C=C(C)[C@H](C(=O)OC)[C@@H]1c1cccc(OC)c1. The Morgan fingerprint density at radius 2 is 1.65 bits per heavy atom. The van der Waals surface area contributed by atoms with E-state index < -0.39 is 23.8 Å². The van der Waals surface area contributed by atoms with Gasteiger partial charge in [0.25, 0.3) is 0 Å². The number of aryl methyl sites for hydroxylation is 1. The lowest BCUT2D eigenvalue weighted by Gasteiger charge is -2.33. The Labute approximate surface area is 182 Å². The van der Waals surface area contributed by atoms with Crippen LogP contribution in [-0.4, -0.2) is 33.3 Å². The predicted molar refractivity (Wildman–Crippen MR) is 119 cm³/mol. The number of ether oxygens (including phenoxy) is 3. The monoisotopic (exact) mass is 421 g/mol. The van der Waals surface area contributed by atoms with Gasteiger partial charge >= 0.3 is 11.9 Å². The van der Waals surface area contributed by atoms with Crippen LogP contribution in [0.15, 0.2) is 71.5 Å². The van der Waals surface area contributed by atoms with Gasteiger partial charge in [-0.15, -0.1) is 0 Å². The van der Waals surface area contributed by atoms with Gasteiger partial charge in [-0.25, -0.2) is 4.79 Å². The molecule has 2 atom stereocenters. The first-order valence-corrected chi connectivity index (χ1v) is 9.95. The number of methoxy groups -OCH3 is 3. The zero-order chi connectivity index (χ0) is 22.5. The standard InChI is InChI=1S/C25H27NO5/c1-15-9-11-18(12-10-15)26-20-13-16(2)21(24(27)30-4)22(23(20)25(28)31-5)17-7-6-8-19(14-17)29-3/h6-14,21-22,26H,1-5H3/t21-,22-/m0/s1. The van der Waals surface area contributed by atoms with Crippen LogP contribution in [0.4, 0.5) is 5.69 Å². The normalized spacial score (nSPS) is 18.2. The third-order valence-corrected chi connectivity index (χ3v) is 5.44. The molecule has 1 aliphatic rings. The number of carbonyl (C=O) groups is 2. The molecule has 0 aromatic heterocycles. The number of carbonyl (C=O) groups excluding carboxylic acids is 2. The van der Waals surface area contributed by atoms with Gasteiger partial charge in [0.1, 0.15) is 5.75 Å². The van der Waals surface area contributed by atoms with E-state index in [1.807, 2.05) is 68.5 Å². The van der Waals surface area contributed by atoms with Crippen molar-refractivity contribution in [2.75, 3.05) is 26.6 Å². The zero-order valence-electron chi connectivity index (χ0n) is 18.4. The molecule has 0 bridgehead atoms. The second-order valence-corrected chi connectivity index (χ2v) is 7.45. The van der Waals surface area contributed by atoms with Crippen molar-refractivity contribution in [1.29, 1.82) is 0 Å². The van der Waals surface area contributed by atoms with E-state index in [1.54, 1.807) is 7.11 Å². The molecule has 31 heavy (non-hydrogen) atoms. The molecule has 2 aromatic carbocycles. The Bertz CT molecular complexity index is 1040. The lowest BCUT2D eigenvalue weighted by atomic mass is 9.72. The van der Waals surface area contributed by atoms with Crippen LogP contribution >= 0.6 is 0 Å². The van der Waals surface area contributed by atoms with Crippen molar-refractivity contribution in [3.05, 3.63) is 82.6 Å². The minimum atomic E-state index is -0.672. The number of anilines is 1. The maximum atomic E-state index is 13.0. The van der Waals surface area contributed by atoms with Gasteiger partial charge in [0.2, 0.25) is 0 Å². The van der Waals surface area contributed by atoms with Gasteiger partial charge in [-0.05, 0) is 49.8 Å². The van der Waals surface area contributed by atoms with Crippen molar-refractivity contribution in [1.82, 2.24) is 0 Å². The number of allylic oxidation sites excluding steroid dienone is 1. The molecule has 6 heteroatoms. The molecule has 0 unspecified atom stereocenters. The lowest BCUT2D eigenvalue weighted by Crippen LogP contribution is -2.33. The minimum Gasteiger partial charge on any atom is -0.497 e. The average molecular weight is 421 g/mol. The van der Waals surface area contributed by atoms with E-state index in [0.29, 0.717) is 17.0 Å². The zero-order valence-corrected chi connectivity index (χ0v) is 18.4. The Hall–Kier alpha value is -3.54. The van der Waals surface area contributed by atoms with Gasteiger partial charge in [-0.1, -0.05) is 35.4 Å². The highest BCUT2D eigenvalue weighted by Gasteiger charge is 2.42. The van der Waals surface area contributed by atoms with Crippen molar-refractivity contribution in [2.45, 2.75) is 19.8 Å². The van der Waals surface area contributed by atoms with Crippen molar-refractivity contribution in [2.24, 2.45) is 5.92 Å². The maximum absolute atomic E-state index is 13.0. The van der Waals surface area contributed by atoms with Gasteiger partial charge in [-0.2, -0.15) is 0 Å². The van der Waals surface area contributed by atoms with Crippen molar-refractivity contribution in [3.8, 4) is 5.75 Å². The minimum absolute atomic E-state index is 0.359. The van der Waals surface area contributed by atoms with Gasteiger partial charge in [0.15, 0.2) is 0 Å². The van der Waals surface area contributed by atoms with Crippen molar-refractivity contribution >= 4 is 17.6 Å². The molecule has 1 N–H and O–H groups in total. The van der Waals surface area contributed by atoms with E-state index in [4.69, 9.17) is 14.2 Å². The van der Waals surface area contributed by atoms with E-state index in [1.165, 1.54) is 14.2 Å². The molecule has 0 saturated carbocycles. The highest BCUT2D eigenvalue weighted by Crippen LogP contribution is 2.44. The Morgan fingerprint density at radius 1 is 0.935 bits per heavy atom. The molecule has 162 valence electrons. The van der Waals surface area contributed by atoms with Crippen LogP contribution in [0, 0.1) is 12.8 Å². The summed E-state index contributed by atoms with van der Waals surface area (Å²) in [6.07, 6.45) is 1.81. The molecule has 0 radical (unpaired) electrons. The highest BCUT2D eigenvalue weighted by atomic mass is 16.5. The van der Waals surface area contributed by atoms with Crippen LogP contribution in [0.3, 0.4) is 0 Å². The van der Waals surface area contributed by atoms with Gasteiger partial charge in [0.05, 0.1) is 32.8 Å². The molecular weight excluding hydrogens is 394 g/mol. The third-order valence-electron chi connectivity index (χ3n) is 5.44. The number of esters is 2. The van der Waals surface area contributed by atoms with Crippen molar-refractivity contribution < 1.29 is 23.8 Å². The topological polar surface area (TPSA) is 73.9 Å². The van der Waals surface area contributed by atoms with Crippen molar-refractivity contribution in [3.63, 3.8) is 0 Å². The fourth-order valence-corrected chi connectivity index (χ4v) is 3.88. The highest BCUT2D eigenvalue weighted by molar-refractivity contribution is 5.95. The van der Waals surface area contributed by atoms with Crippen LogP contribution in [0.25, 0.3) is 0 Å². The Morgan fingerprint density at radius 3 is 2.26 bits per heavy atom. The predicted octanol–water partition coefficient (Wildman–Crippen LogP) is 4.38. The summed E-state index contributed by atoms with van der Waals surface area (Å²) < 4.78 is 15.6. The summed E-state index contributed by atoms with van der Waals surface area (Å²) in [5, 5.41) is 3.33. The summed E-state index contributed by atoms with van der Waals surface area (Å²) in [6.45, 7) is 3.87. The first-order chi connectivity index (χ1) is 14.9. The summed E-state index contributed by atoms with van der Waals surface area (Å²) >= 11 is 0. The molecule has 0 heterocycles. The quantitative estimate of drug-likeness (QED) is 0.698. The Balaban J connectivity index is 2.21. The van der Waals surface area contributed by atoms with E-state index in [2.05, 4.69) is 5.32 Å². The fourth-order valence-electron chi connectivity index (χ4n) is 3.88. The largest absolute Gasteiger partial charge is 0.497 e. The number of benzene rings is 2. The molecule has 0 aliphatic heterocycles. The van der Waals surface area contributed by atoms with Gasteiger partial charge in [0, 0.05) is 17.3 Å². The molecule has 0 saturated heterocycles. The molecule has 6 nitrogen and oxygen atoms in total. The van der Waals surface area contributed by atoms with E-state index in [9.17, 15) is 9.59 Å². The average Bonchev–Trinajstić information content (AvgIpc) is 2.79. The summed E-state index contributed by atoms with van der Waals surface area (Å²) in [6, 6.07) is 15.2. The van der Waals surface area contributed by atoms with Crippen LogP contribution < -0.4 is 10.1 Å². The van der Waals surface area contributed by atoms with Gasteiger partial charge < -0.3 is 19.5 Å². The van der Waals surface area contributed by atoms with Crippen LogP contribution in [0.1, 0.15) is 24.0 Å². The molecule has 0 spiro atoms. The molecule has 2 aromatic rings. The molecule has 3 rings (SSSR count). The first kappa shape index (κ1) is 22.2. The Kier molecular flexibility index (Phi) is 6.80. The van der Waals surface area contributed by atoms with E-state index in [-0.39, 0.29) is 0 Å². The van der Waals surface area contributed by atoms with Crippen LogP contribution in [0.5, 0.6) is 5.75 Å². The number of hydrogen-bond donors (Lipinski definition) is 1. The molecular formula is C25H27NO5. The molecule has 1 aliphatic carbocycles. The maximum Gasteiger partial charge on any atom is 0.336 e. The van der Waals surface area contributed by atoms with Crippen LogP contribution in [-0.2, 0) is 19.1 Å². The number of hydrogen-bond acceptors (Lipinski definition) is 6. The third kappa shape index (κ3) is 4.63. The second kappa shape index (κ2) is 9.51. The number of nitrogens with one attached hydrogen (secondary N) is 1. The smallest absolute Gasteiger partial charge is 0.336 e. The van der Waals surface area contributed by atoms with E-state index in [0.717, 1.165) is 22.4 Å². The summed E-state index contributed by atoms with van der Waals surface area (Å²) in [4.78, 5) is 25.8. The fraction of sp³-hybridized carbons (Fsp3) is 0.280. The summed E-state index contributed by atoms with van der Waals surface area (Å²) in [5.41, 5.74) is 4.43. The molecule has 0 fully saturated rings. The van der Waals surface area contributed by atoms with Crippen LogP contribution in [0.2, 0.25) is 0 Å². The summed E-state index contributed by atoms with van der Waals surface area (Å²) in [7, 11) is 4.25. The van der Waals surface area contributed by atoms with E-state index >= 15 is 0 Å². The number of rotatable bonds is 6. The van der Waals surface area contributed by atoms with Gasteiger partial charge in [-0.3, -0.25) is 4.79 Å². The lowest BCUT2D eigenvalue weighted by molar-refractivity contribution is -0.144. The summed E-state index contributed by atoms with van der Waals surface area (Å²) in [5.74, 6) is -1.58. The second-order valence-electron chi connectivity index (χ2n) is 7.45. The molecule has 0 amide bonds.